The van der Waals surface area contributed by atoms with Crippen LogP contribution in [0.3, 0.4) is 0 Å². The first-order valence-corrected chi connectivity index (χ1v) is 5.79. The van der Waals surface area contributed by atoms with Crippen LogP contribution < -0.4 is 10.6 Å². The average Bonchev–Trinajstić information content (AvgIpc) is 2.25. The molecule has 0 aliphatic heterocycles. The third kappa shape index (κ3) is 3.38. The number of anilines is 1. The average molecular weight is 218 g/mol. The van der Waals surface area contributed by atoms with Gasteiger partial charge in [-0.25, -0.2) is 0 Å². The number of likely N-dealkylation sites (N-methyl/N-ethyl adjacent to an activating group) is 1. The number of nitrogens with zero attached hydrogens (tertiary/aromatic N) is 1. The SMILES string of the molecule is C=C(C)CN(CC)c1ccc([C@H](C)N)cc1. The van der Waals surface area contributed by atoms with Crippen molar-refractivity contribution in [3.05, 3.63) is 42.0 Å². The van der Waals surface area contributed by atoms with Gasteiger partial charge in [0, 0.05) is 24.8 Å². The molecule has 0 aliphatic rings. The molecule has 0 fully saturated rings. The fourth-order valence-corrected chi connectivity index (χ4v) is 1.70. The summed E-state index contributed by atoms with van der Waals surface area (Å²) in [6.45, 7) is 12.1. The fourth-order valence-electron chi connectivity index (χ4n) is 1.70. The molecule has 0 spiro atoms. The second kappa shape index (κ2) is 5.71. The summed E-state index contributed by atoms with van der Waals surface area (Å²) in [6.07, 6.45) is 0. The number of hydrogen-bond donors (Lipinski definition) is 1. The van der Waals surface area contributed by atoms with Crippen molar-refractivity contribution in [3.63, 3.8) is 0 Å². The van der Waals surface area contributed by atoms with Gasteiger partial charge in [0.2, 0.25) is 0 Å². The van der Waals surface area contributed by atoms with Crippen molar-refractivity contribution >= 4 is 5.69 Å². The Bertz CT molecular complexity index is 338. The second-order valence-corrected chi connectivity index (χ2v) is 4.35. The molecule has 1 aromatic carbocycles. The summed E-state index contributed by atoms with van der Waals surface area (Å²) in [5.74, 6) is 0. The van der Waals surface area contributed by atoms with Crippen molar-refractivity contribution in [2.45, 2.75) is 26.8 Å². The first kappa shape index (κ1) is 12.8. The van der Waals surface area contributed by atoms with Gasteiger partial charge in [-0.1, -0.05) is 24.3 Å². The normalized spacial score (nSPS) is 12.2. The van der Waals surface area contributed by atoms with Crippen molar-refractivity contribution in [3.8, 4) is 0 Å². The Kier molecular flexibility index (Phi) is 4.56. The largest absolute Gasteiger partial charge is 0.368 e. The van der Waals surface area contributed by atoms with Crippen LogP contribution in [0.25, 0.3) is 0 Å². The van der Waals surface area contributed by atoms with Crippen LogP contribution in [0.15, 0.2) is 36.4 Å². The van der Waals surface area contributed by atoms with E-state index >= 15 is 0 Å². The molecule has 0 amide bonds. The van der Waals surface area contributed by atoms with E-state index in [9.17, 15) is 0 Å². The van der Waals surface area contributed by atoms with E-state index in [2.05, 4.69) is 49.6 Å². The molecule has 0 saturated carbocycles. The smallest absolute Gasteiger partial charge is 0.0383 e. The maximum atomic E-state index is 5.83. The Hall–Kier alpha value is -1.28. The molecule has 0 saturated heterocycles. The van der Waals surface area contributed by atoms with Gasteiger partial charge in [-0.3, -0.25) is 0 Å². The van der Waals surface area contributed by atoms with E-state index in [-0.39, 0.29) is 6.04 Å². The van der Waals surface area contributed by atoms with Crippen LogP contribution in [0.5, 0.6) is 0 Å². The molecule has 0 aromatic heterocycles. The molecule has 2 nitrogen and oxygen atoms in total. The standard InChI is InChI=1S/C14H22N2/c1-5-16(10-11(2)3)14-8-6-13(7-9-14)12(4)15/h6-9,12H,2,5,10,15H2,1,3-4H3/t12-/m0/s1. The minimum Gasteiger partial charge on any atom is -0.368 e. The molecule has 1 atom stereocenters. The lowest BCUT2D eigenvalue weighted by molar-refractivity contribution is 0.816. The number of hydrogen-bond acceptors (Lipinski definition) is 2. The third-order valence-corrected chi connectivity index (χ3v) is 2.63. The van der Waals surface area contributed by atoms with Gasteiger partial charge >= 0.3 is 0 Å². The summed E-state index contributed by atoms with van der Waals surface area (Å²) in [5, 5.41) is 0. The Morgan fingerprint density at radius 2 is 1.94 bits per heavy atom. The van der Waals surface area contributed by atoms with Crippen molar-refractivity contribution in [2.75, 3.05) is 18.0 Å². The molecule has 16 heavy (non-hydrogen) atoms. The molecule has 1 rings (SSSR count). The van der Waals surface area contributed by atoms with E-state index in [1.807, 2.05) is 6.92 Å². The summed E-state index contributed by atoms with van der Waals surface area (Å²) in [6, 6.07) is 8.56. The van der Waals surface area contributed by atoms with E-state index in [4.69, 9.17) is 5.73 Å². The first-order chi connectivity index (χ1) is 7.54. The molecule has 2 N–H and O–H groups in total. The van der Waals surface area contributed by atoms with Crippen LogP contribution >= 0.6 is 0 Å². The Balaban J connectivity index is 2.82. The molecule has 0 unspecified atom stereocenters. The Morgan fingerprint density at radius 3 is 2.31 bits per heavy atom. The van der Waals surface area contributed by atoms with E-state index in [1.54, 1.807) is 0 Å². The highest BCUT2D eigenvalue weighted by Gasteiger charge is 2.05. The molecule has 1 aromatic rings. The highest BCUT2D eigenvalue weighted by molar-refractivity contribution is 5.48. The molecule has 0 aliphatic carbocycles. The number of rotatable bonds is 5. The van der Waals surface area contributed by atoms with Crippen LogP contribution in [-0.2, 0) is 0 Å². The summed E-state index contributed by atoms with van der Waals surface area (Å²) < 4.78 is 0. The zero-order chi connectivity index (χ0) is 12.1. The van der Waals surface area contributed by atoms with Gasteiger partial charge in [0.05, 0.1) is 0 Å². The van der Waals surface area contributed by atoms with Gasteiger partial charge in [-0.05, 0) is 38.5 Å². The van der Waals surface area contributed by atoms with Crippen LogP contribution in [0, 0.1) is 0 Å². The molecule has 0 bridgehead atoms. The number of benzene rings is 1. The second-order valence-electron chi connectivity index (χ2n) is 4.35. The molecule has 2 heteroatoms. The van der Waals surface area contributed by atoms with E-state index in [1.165, 1.54) is 16.8 Å². The predicted molar refractivity (Wildman–Crippen MR) is 71.7 cm³/mol. The molecular formula is C14H22N2. The molecule has 88 valence electrons. The van der Waals surface area contributed by atoms with Crippen LogP contribution in [0.1, 0.15) is 32.4 Å². The minimum absolute atomic E-state index is 0.102. The van der Waals surface area contributed by atoms with E-state index in [0.29, 0.717) is 0 Å². The fraction of sp³-hybridized carbons (Fsp3) is 0.429. The van der Waals surface area contributed by atoms with Crippen molar-refractivity contribution in [2.24, 2.45) is 5.73 Å². The highest BCUT2D eigenvalue weighted by Crippen LogP contribution is 2.18. The van der Waals surface area contributed by atoms with Crippen LogP contribution in [0.2, 0.25) is 0 Å². The summed E-state index contributed by atoms with van der Waals surface area (Å²) in [4.78, 5) is 2.30. The Morgan fingerprint density at radius 1 is 1.38 bits per heavy atom. The molecular weight excluding hydrogens is 196 g/mol. The molecule has 0 heterocycles. The van der Waals surface area contributed by atoms with Gasteiger partial charge in [0.25, 0.3) is 0 Å². The van der Waals surface area contributed by atoms with Crippen molar-refractivity contribution in [1.82, 2.24) is 0 Å². The van der Waals surface area contributed by atoms with Gasteiger partial charge in [0.1, 0.15) is 0 Å². The van der Waals surface area contributed by atoms with Gasteiger partial charge in [-0.15, -0.1) is 0 Å². The van der Waals surface area contributed by atoms with Gasteiger partial charge in [0.15, 0.2) is 0 Å². The maximum absolute atomic E-state index is 5.83. The maximum Gasteiger partial charge on any atom is 0.0383 e. The zero-order valence-corrected chi connectivity index (χ0v) is 10.5. The predicted octanol–water partition coefficient (Wildman–Crippen LogP) is 3.11. The third-order valence-electron chi connectivity index (χ3n) is 2.63. The lowest BCUT2D eigenvalue weighted by Crippen LogP contribution is -2.24. The Labute approximate surface area is 98.8 Å². The minimum atomic E-state index is 0.102. The van der Waals surface area contributed by atoms with Crippen molar-refractivity contribution in [1.29, 1.82) is 0 Å². The van der Waals surface area contributed by atoms with Gasteiger partial charge in [-0.2, -0.15) is 0 Å². The summed E-state index contributed by atoms with van der Waals surface area (Å²) in [7, 11) is 0. The lowest BCUT2D eigenvalue weighted by Gasteiger charge is -2.23. The van der Waals surface area contributed by atoms with Crippen molar-refractivity contribution < 1.29 is 0 Å². The van der Waals surface area contributed by atoms with E-state index < -0.39 is 0 Å². The highest BCUT2D eigenvalue weighted by atomic mass is 15.1. The number of nitrogens with two attached hydrogens (primary N) is 1. The van der Waals surface area contributed by atoms with Crippen LogP contribution in [-0.4, -0.2) is 13.1 Å². The van der Waals surface area contributed by atoms with Crippen LogP contribution in [0.4, 0.5) is 5.69 Å². The molecule has 0 radical (unpaired) electrons. The van der Waals surface area contributed by atoms with E-state index in [0.717, 1.165) is 13.1 Å². The summed E-state index contributed by atoms with van der Waals surface area (Å²) in [5.41, 5.74) is 9.41. The topological polar surface area (TPSA) is 29.3 Å². The quantitative estimate of drug-likeness (QED) is 0.769. The lowest BCUT2D eigenvalue weighted by atomic mass is 10.1. The first-order valence-electron chi connectivity index (χ1n) is 5.79. The zero-order valence-electron chi connectivity index (χ0n) is 10.5. The monoisotopic (exact) mass is 218 g/mol. The summed E-state index contributed by atoms with van der Waals surface area (Å²) >= 11 is 0. The van der Waals surface area contributed by atoms with Gasteiger partial charge < -0.3 is 10.6 Å².